The minimum atomic E-state index is -1.28. The minimum absolute atomic E-state index is 0.0510. The van der Waals surface area contributed by atoms with E-state index in [1.807, 2.05) is 30.3 Å². The van der Waals surface area contributed by atoms with Crippen molar-refractivity contribution in [1.29, 1.82) is 0 Å². The van der Waals surface area contributed by atoms with Crippen molar-refractivity contribution in [3.63, 3.8) is 0 Å². The maximum Gasteiger partial charge on any atom is 0.410 e. The SMILES string of the molecule is COC(=O)[C@H](CC(=O)C1(Cc2ccc(F)cc2)CCCN1C(=O)OCc1ccccc1)[C@H](C)O. The normalized spacial score (nSPS) is 19.4. The Morgan fingerprint density at radius 1 is 1.09 bits per heavy atom. The van der Waals surface area contributed by atoms with Crippen LogP contribution >= 0.6 is 0 Å². The molecular formula is C26H30FNO6. The molecule has 0 spiro atoms. The summed E-state index contributed by atoms with van der Waals surface area (Å²) in [6, 6.07) is 14.9. The van der Waals surface area contributed by atoms with Gasteiger partial charge in [-0.25, -0.2) is 9.18 Å². The molecule has 1 aliphatic rings. The van der Waals surface area contributed by atoms with E-state index in [9.17, 15) is 23.9 Å². The lowest BCUT2D eigenvalue weighted by molar-refractivity contribution is -0.152. The van der Waals surface area contributed by atoms with Gasteiger partial charge in [0.25, 0.3) is 0 Å². The Hall–Kier alpha value is -3.26. The van der Waals surface area contributed by atoms with Crippen LogP contribution in [0, 0.1) is 11.7 Å². The second-order valence-electron chi connectivity index (χ2n) is 8.63. The highest BCUT2D eigenvalue weighted by atomic mass is 19.1. The van der Waals surface area contributed by atoms with E-state index in [1.165, 1.54) is 31.1 Å². The molecule has 3 atom stereocenters. The van der Waals surface area contributed by atoms with E-state index in [2.05, 4.69) is 0 Å². The number of benzene rings is 2. The summed E-state index contributed by atoms with van der Waals surface area (Å²) in [6.45, 7) is 1.77. The standard InChI is InChI=1S/C26H30FNO6/c1-18(29)22(24(31)33-2)15-23(30)26(16-19-9-11-21(27)12-10-19)13-6-14-28(26)25(32)34-17-20-7-4-3-5-8-20/h3-5,7-12,18,22,29H,6,13-17H2,1-2H3/t18-,22+,26?/m0/s1. The molecule has 0 aliphatic carbocycles. The third-order valence-corrected chi connectivity index (χ3v) is 6.33. The average Bonchev–Trinajstić information content (AvgIpc) is 3.27. The third kappa shape index (κ3) is 5.80. The lowest BCUT2D eigenvalue weighted by Gasteiger charge is -2.37. The van der Waals surface area contributed by atoms with Crippen LogP contribution in [0.15, 0.2) is 54.6 Å². The van der Waals surface area contributed by atoms with Gasteiger partial charge in [0.05, 0.1) is 19.1 Å². The summed E-state index contributed by atoms with van der Waals surface area (Å²) in [4.78, 5) is 40.5. The highest BCUT2D eigenvalue weighted by Gasteiger charge is 2.51. The van der Waals surface area contributed by atoms with Crippen molar-refractivity contribution in [3.8, 4) is 0 Å². The van der Waals surface area contributed by atoms with Crippen molar-refractivity contribution in [2.24, 2.45) is 5.92 Å². The van der Waals surface area contributed by atoms with E-state index in [-0.39, 0.29) is 25.2 Å². The second kappa shape index (κ2) is 11.2. The number of carbonyl (C=O) groups is 3. The van der Waals surface area contributed by atoms with Crippen molar-refractivity contribution in [2.45, 2.75) is 50.9 Å². The largest absolute Gasteiger partial charge is 0.469 e. The molecular weight excluding hydrogens is 441 g/mol. The van der Waals surface area contributed by atoms with Gasteiger partial charge in [0.2, 0.25) is 0 Å². The van der Waals surface area contributed by atoms with Gasteiger partial charge in [-0.2, -0.15) is 0 Å². The van der Waals surface area contributed by atoms with E-state index in [0.717, 1.165) is 5.56 Å². The van der Waals surface area contributed by atoms with Crippen molar-refractivity contribution in [2.75, 3.05) is 13.7 Å². The lowest BCUT2D eigenvalue weighted by atomic mass is 9.79. The molecule has 1 fully saturated rings. The number of ether oxygens (including phenoxy) is 2. The molecule has 1 amide bonds. The number of hydrogen-bond donors (Lipinski definition) is 1. The van der Waals surface area contributed by atoms with E-state index in [4.69, 9.17) is 9.47 Å². The monoisotopic (exact) mass is 471 g/mol. The van der Waals surface area contributed by atoms with Gasteiger partial charge >= 0.3 is 12.1 Å². The molecule has 2 aromatic rings. The summed E-state index contributed by atoms with van der Waals surface area (Å²) >= 11 is 0. The fourth-order valence-corrected chi connectivity index (χ4v) is 4.45. The molecule has 0 saturated carbocycles. The van der Waals surface area contributed by atoms with E-state index < -0.39 is 35.4 Å². The molecule has 1 aliphatic heterocycles. The lowest BCUT2D eigenvalue weighted by Crippen LogP contribution is -2.55. The molecule has 3 rings (SSSR count). The Morgan fingerprint density at radius 2 is 1.76 bits per heavy atom. The smallest absolute Gasteiger partial charge is 0.410 e. The second-order valence-corrected chi connectivity index (χ2v) is 8.63. The van der Waals surface area contributed by atoms with Gasteiger partial charge in [-0.15, -0.1) is 0 Å². The number of amides is 1. The molecule has 0 aromatic heterocycles. The number of likely N-dealkylation sites (tertiary alicyclic amines) is 1. The third-order valence-electron chi connectivity index (χ3n) is 6.33. The fraction of sp³-hybridized carbons (Fsp3) is 0.423. The zero-order valence-corrected chi connectivity index (χ0v) is 19.4. The Bertz CT molecular complexity index is 994. The van der Waals surface area contributed by atoms with Crippen LogP contribution in [0.1, 0.15) is 37.3 Å². The summed E-state index contributed by atoms with van der Waals surface area (Å²) in [6.07, 6.45) is -0.987. The van der Waals surface area contributed by atoms with E-state index in [1.54, 1.807) is 12.1 Å². The first kappa shape index (κ1) is 25.4. The number of methoxy groups -OCH3 is 1. The van der Waals surface area contributed by atoms with Crippen LogP contribution in [0.3, 0.4) is 0 Å². The number of rotatable bonds is 9. The highest BCUT2D eigenvalue weighted by Crippen LogP contribution is 2.37. The first-order valence-corrected chi connectivity index (χ1v) is 11.3. The Morgan fingerprint density at radius 3 is 2.38 bits per heavy atom. The molecule has 0 bridgehead atoms. The van der Waals surface area contributed by atoms with E-state index in [0.29, 0.717) is 24.9 Å². The zero-order valence-electron chi connectivity index (χ0n) is 19.4. The summed E-state index contributed by atoms with van der Waals surface area (Å²) in [5.74, 6) is -2.54. The molecule has 0 radical (unpaired) electrons. The van der Waals surface area contributed by atoms with Crippen LogP contribution < -0.4 is 0 Å². The van der Waals surface area contributed by atoms with Crippen LogP contribution in [-0.4, -0.2) is 53.1 Å². The predicted molar refractivity (Wildman–Crippen MR) is 122 cm³/mol. The highest BCUT2D eigenvalue weighted by molar-refractivity contribution is 5.95. The maximum atomic E-state index is 13.7. The molecule has 1 heterocycles. The number of aliphatic hydroxyl groups excluding tert-OH is 1. The number of esters is 1. The van der Waals surface area contributed by atoms with Gasteiger partial charge < -0.3 is 14.6 Å². The number of aliphatic hydroxyl groups is 1. The van der Waals surface area contributed by atoms with Crippen LogP contribution in [0.4, 0.5) is 9.18 Å². The average molecular weight is 472 g/mol. The molecule has 2 aromatic carbocycles. The van der Waals surface area contributed by atoms with Gasteiger partial charge in [-0.1, -0.05) is 42.5 Å². The summed E-state index contributed by atoms with van der Waals surface area (Å²) in [5, 5.41) is 10.1. The molecule has 1 unspecified atom stereocenters. The summed E-state index contributed by atoms with van der Waals surface area (Å²) in [7, 11) is 1.19. The number of carbonyl (C=O) groups excluding carboxylic acids is 3. The molecule has 7 nitrogen and oxygen atoms in total. The van der Waals surface area contributed by atoms with Gasteiger partial charge in [0.1, 0.15) is 18.0 Å². The minimum Gasteiger partial charge on any atom is -0.469 e. The predicted octanol–water partition coefficient (Wildman–Crippen LogP) is 3.67. The molecule has 8 heteroatoms. The maximum absolute atomic E-state index is 13.7. The van der Waals surface area contributed by atoms with Crippen molar-refractivity contribution >= 4 is 17.8 Å². The topological polar surface area (TPSA) is 93.1 Å². The molecule has 1 N–H and O–H groups in total. The first-order valence-electron chi connectivity index (χ1n) is 11.3. The van der Waals surface area contributed by atoms with Crippen LogP contribution in [0.2, 0.25) is 0 Å². The van der Waals surface area contributed by atoms with E-state index >= 15 is 0 Å². The van der Waals surface area contributed by atoms with Gasteiger partial charge in [-0.05, 0) is 43.0 Å². The van der Waals surface area contributed by atoms with Crippen LogP contribution in [-0.2, 0) is 32.1 Å². The number of nitrogens with zero attached hydrogens (tertiary/aromatic N) is 1. The molecule has 182 valence electrons. The summed E-state index contributed by atoms with van der Waals surface area (Å²) in [5.41, 5.74) is 0.196. The number of halogens is 1. The van der Waals surface area contributed by atoms with Crippen molar-refractivity contribution < 1.29 is 33.4 Å². The Balaban J connectivity index is 1.89. The van der Waals surface area contributed by atoms with Gasteiger partial charge in [0.15, 0.2) is 5.78 Å². The van der Waals surface area contributed by atoms with Crippen molar-refractivity contribution in [1.82, 2.24) is 4.90 Å². The van der Waals surface area contributed by atoms with Crippen LogP contribution in [0.25, 0.3) is 0 Å². The fourth-order valence-electron chi connectivity index (χ4n) is 4.45. The Labute approximate surface area is 198 Å². The molecule has 34 heavy (non-hydrogen) atoms. The zero-order chi connectivity index (χ0) is 24.7. The van der Waals surface area contributed by atoms with Crippen molar-refractivity contribution in [3.05, 3.63) is 71.5 Å². The number of hydrogen-bond acceptors (Lipinski definition) is 6. The first-order chi connectivity index (χ1) is 16.3. The Kier molecular flexibility index (Phi) is 8.39. The number of ketones is 1. The van der Waals surface area contributed by atoms with Gasteiger partial charge in [-0.3, -0.25) is 14.5 Å². The number of Topliss-reactive ketones (excluding diaryl/α,β-unsaturated/α-hetero) is 1. The van der Waals surface area contributed by atoms with Gasteiger partial charge in [0, 0.05) is 19.4 Å². The molecule has 1 saturated heterocycles. The quantitative estimate of drug-likeness (QED) is 0.561. The summed E-state index contributed by atoms with van der Waals surface area (Å²) < 4.78 is 23.8. The van der Waals surface area contributed by atoms with Crippen LogP contribution in [0.5, 0.6) is 0 Å².